The summed E-state index contributed by atoms with van der Waals surface area (Å²) in [6.45, 7) is 5.32. The fraction of sp³-hybridized carbons (Fsp3) is 0.727. The molecule has 0 aromatic carbocycles. The zero-order chi connectivity index (χ0) is 10.7. The van der Waals surface area contributed by atoms with Crippen LogP contribution in [0.3, 0.4) is 0 Å². The predicted octanol–water partition coefficient (Wildman–Crippen LogP) is 0.902. The number of aryl methyl sites for hydroxylation is 1. The van der Waals surface area contributed by atoms with Gasteiger partial charge in [-0.2, -0.15) is 5.10 Å². The third kappa shape index (κ3) is 2.58. The van der Waals surface area contributed by atoms with Crippen LogP contribution in [0, 0.1) is 6.92 Å². The summed E-state index contributed by atoms with van der Waals surface area (Å²) in [6.07, 6.45) is 4.57. The molecule has 1 aliphatic rings. The lowest BCUT2D eigenvalue weighted by molar-refractivity contribution is 0.300. The Balaban J connectivity index is 1.73. The molecule has 1 aromatic rings. The Morgan fingerprint density at radius 1 is 1.67 bits per heavy atom. The van der Waals surface area contributed by atoms with Crippen molar-refractivity contribution >= 4 is 0 Å². The van der Waals surface area contributed by atoms with Gasteiger partial charge in [0.15, 0.2) is 0 Å². The molecule has 2 heterocycles. The monoisotopic (exact) mass is 208 g/mol. The lowest BCUT2D eigenvalue weighted by Crippen LogP contribution is -2.35. The molecule has 2 N–H and O–H groups in total. The van der Waals surface area contributed by atoms with Gasteiger partial charge in [-0.15, -0.1) is 0 Å². The van der Waals surface area contributed by atoms with Crippen molar-refractivity contribution in [3.63, 3.8) is 0 Å². The zero-order valence-electron chi connectivity index (χ0n) is 9.58. The molecule has 1 saturated heterocycles. The fourth-order valence-electron chi connectivity index (χ4n) is 2.16. The summed E-state index contributed by atoms with van der Waals surface area (Å²) >= 11 is 0. The van der Waals surface area contributed by atoms with Crippen molar-refractivity contribution < 1.29 is 0 Å². The van der Waals surface area contributed by atoms with Gasteiger partial charge in [-0.05, 0) is 33.4 Å². The Hall–Kier alpha value is -0.870. The molecule has 4 heteroatoms. The van der Waals surface area contributed by atoms with E-state index in [1.54, 1.807) is 0 Å². The van der Waals surface area contributed by atoms with E-state index in [1.165, 1.54) is 30.6 Å². The van der Waals surface area contributed by atoms with Crippen molar-refractivity contribution in [2.45, 2.75) is 32.4 Å². The molecule has 15 heavy (non-hydrogen) atoms. The minimum Gasteiger partial charge on any atom is -0.311 e. The number of H-pyrrole nitrogens is 1. The normalized spacial score (nSPS) is 22.4. The van der Waals surface area contributed by atoms with Crippen molar-refractivity contribution in [2.24, 2.45) is 0 Å². The van der Waals surface area contributed by atoms with Crippen LogP contribution < -0.4 is 5.32 Å². The van der Waals surface area contributed by atoms with Gasteiger partial charge in [-0.25, -0.2) is 0 Å². The van der Waals surface area contributed by atoms with Gasteiger partial charge in [-0.3, -0.25) is 5.10 Å². The topological polar surface area (TPSA) is 44.0 Å². The molecular formula is C11H20N4. The number of nitrogens with one attached hydrogen (secondary N) is 2. The summed E-state index contributed by atoms with van der Waals surface area (Å²) in [6, 6.07) is 0.720. The van der Waals surface area contributed by atoms with Gasteiger partial charge in [0.1, 0.15) is 0 Å². The number of likely N-dealkylation sites (N-methyl/N-ethyl adjacent to an activating group) is 1. The van der Waals surface area contributed by atoms with Crippen molar-refractivity contribution in [1.29, 1.82) is 0 Å². The maximum atomic E-state index is 4.01. The first kappa shape index (κ1) is 10.6. The third-order valence-electron chi connectivity index (χ3n) is 3.30. The number of aromatic nitrogens is 2. The first-order chi connectivity index (χ1) is 7.27. The van der Waals surface area contributed by atoms with Crippen molar-refractivity contribution in [1.82, 2.24) is 20.4 Å². The molecule has 1 aliphatic heterocycles. The summed E-state index contributed by atoms with van der Waals surface area (Å²) in [5.41, 5.74) is 2.44. The molecule has 4 nitrogen and oxygen atoms in total. The SMILES string of the molecule is Cc1[nH]ncc1CNCC1CCCN1C. The molecule has 0 aliphatic carbocycles. The van der Waals surface area contributed by atoms with E-state index in [9.17, 15) is 0 Å². The average Bonchev–Trinajstić information content (AvgIpc) is 2.78. The maximum absolute atomic E-state index is 4.01. The van der Waals surface area contributed by atoms with Gasteiger partial charge in [0.25, 0.3) is 0 Å². The highest BCUT2D eigenvalue weighted by molar-refractivity contribution is 5.13. The van der Waals surface area contributed by atoms with Crippen LogP contribution in [0.1, 0.15) is 24.1 Å². The maximum Gasteiger partial charge on any atom is 0.0535 e. The molecule has 2 rings (SSSR count). The van der Waals surface area contributed by atoms with Gasteiger partial charge in [0, 0.05) is 30.4 Å². The number of likely N-dealkylation sites (tertiary alicyclic amines) is 1. The standard InChI is InChI=1S/C11H20N4/c1-9-10(7-13-14-9)6-12-8-11-4-3-5-15(11)2/h7,11-12H,3-6,8H2,1-2H3,(H,13,14). The fourth-order valence-corrected chi connectivity index (χ4v) is 2.16. The molecule has 0 spiro atoms. The lowest BCUT2D eigenvalue weighted by Gasteiger charge is -2.19. The molecular weight excluding hydrogens is 188 g/mol. The van der Waals surface area contributed by atoms with Crippen molar-refractivity contribution in [3.05, 3.63) is 17.5 Å². The lowest BCUT2D eigenvalue weighted by atomic mass is 10.2. The van der Waals surface area contributed by atoms with Crippen LogP contribution in [-0.2, 0) is 6.54 Å². The smallest absolute Gasteiger partial charge is 0.0535 e. The van der Waals surface area contributed by atoms with Crippen LogP contribution in [0.5, 0.6) is 0 Å². The second-order valence-electron chi connectivity index (χ2n) is 4.43. The van der Waals surface area contributed by atoms with E-state index in [0.29, 0.717) is 0 Å². The highest BCUT2D eigenvalue weighted by Gasteiger charge is 2.19. The molecule has 84 valence electrons. The molecule has 0 bridgehead atoms. The number of aromatic amines is 1. The van der Waals surface area contributed by atoms with E-state index >= 15 is 0 Å². The second kappa shape index (κ2) is 4.77. The molecule has 0 radical (unpaired) electrons. The van der Waals surface area contributed by atoms with E-state index < -0.39 is 0 Å². The second-order valence-corrected chi connectivity index (χ2v) is 4.43. The van der Waals surface area contributed by atoms with Gasteiger partial charge in [0.2, 0.25) is 0 Å². The zero-order valence-corrected chi connectivity index (χ0v) is 9.58. The Morgan fingerprint density at radius 3 is 3.13 bits per heavy atom. The molecule has 1 atom stereocenters. The molecule has 0 amide bonds. The number of rotatable bonds is 4. The van der Waals surface area contributed by atoms with Crippen LogP contribution in [0.15, 0.2) is 6.20 Å². The van der Waals surface area contributed by atoms with Crippen molar-refractivity contribution in [2.75, 3.05) is 20.1 Å². The molecule has 0 saturated carbocycles. The molecule has 1 aromatic heterocycles. The van der Waals surface area contributed by atoms with Gasteiger partial charge < -0.3 is 10.2 Å². The summed E-state index contributed by atoms with van der Waals surface area (Å²) < 4.78 is 0. The van der Waals surface area contributed by atoms with E-state index in [0.717, 1.165) is 19.1 Å². The van der Waals surface area contributed by atoms with Crippen LogP contribution in [0.2, 0.25) is 0 Å². The van der Waals surface area contributed by atoms with E-state index in [4.69, 9.17) is 0 Å². The molecule has 1 unspecified atom stereocenters. The summed E-state index contributed by atoms with van der Waals surface area (Å²) in [4.78, 5) is 2.44. The Labute approximate surface area is 91.1 Å². The predicted molar refractivity (Wildman–Crippen MR) is 60.7 cm³/mol. The first-order valence-corrected chi connectivity index (χ1v) is 5.67. The highest BCUT2D eigenvalue weighted by Crippen LogP contribution is 2.13. The summed E-state index contributed by atoms with van der Waals surface area (Å²) in [5.74, 6) is 0. The highest BCUT2D eigenvalue weighted by atomic mass is 15.2. The van der Waals surface area contributed by atoms with Crippen LogP contribution in [0.4, 0.5) is 0 Å². The van der Waals surface area contributed by atoms with Gasteiger partial charge in [0.05, 0.1) is 6.20 Å². The Bertz CT molecular complexity index is 307. The van der Waals surface area contributed by atoms with Gasteiger partial charge >= 0.3 is 0 Å². The number of nitrogens with zero attached hydrogens (tertiary/aromatic N) is 2. The molecule has 1 fully saturated rings. The minimum absolute atomic E-state index is 0.720. The summed E-state index contributed by atoms with van der Waals surface area (Å²) in [7, 11) is 2.21. The van der Waals surface area contributed by atoms with Crippen LogP contribution in [-0.4, -0.2) is 41.3 Å². The first-order valence-electron chi connectivity index (χ1n) is 5.67. The van der Waals surface area contributed by atoms with E-state index in [2.05, 4.69) is 34.4 Å². The summed E-state index contributed by atoms with van der Waals surface area (Å²) in [5, 5.41) is 10.5. The number of hydrogen-bond acceptors (Lipinski definition) is 3. The van der Waals surface area contributed by atoms with Gasteiger partial charge in [-0.1, -0.05) is 0 Å². The van der Waals surface area contributed by atoms with Crippen LogP contribution in [0.25, 0.3) is 0 Å². The third-order valence-corrected chi connectivity index (χ3v) is 3.30. The largest absolute Gasteiger partial charge is 0.311 e. The number of hydrogen-bond donors (Lipinski definition) is 2. The Morgan fingerprint density at radius 2 is 2.53 bits per heavy atom. The minimum atomic E-state index is 0.720. The van der Waals surface area contributed by atoms with E-state index in [1.807, 2.05) is 6.20 Å². The average molecular weight is 208 g/mol. The van der Waals surface area contributed by atoms with E-state index in [-0.39, 0.29) is 0 Å². The van der Waals surface area contributed by atoms with Crippen molar-refractivity contribution in [3.8, 4) is 0 Å². The quantitative estimate of drug-likeness (QED) is 0.772. The van der Waals surface area contributed by atoms with Crippen LogP contribution >= 0.6 is 0 Å². The Kier molecular flexibility index (Phi) is 3.38.